The number of aromatic nitrogens is 2. The predicted molar refractivity (Wildman–Crippen MR) is 129 cm³/mol. The zero-order chi connectivity index (χ0) is 23.8. The Morgan fingerprint density at radius 2 is 1.94 bits per heavy atom. The van der Waals surface area contributed by atoms with Gasteiger partial charge in [0.1, 0.15) is 0 Å². The summed E-state index contributed by atoms with van der Waals surface area (Å²) < 4.78 is 24.5. The second kappa shape index (κ2) is 9.15. The molecule has 1 aliphatic rings. The van der Waals surface area contributed by atoms with E-state index < -0.39 is 0 Å². The maximum absolute atomic E-state index is 14.0. The Kier molecular flexibility index (Phi) is 6.05. The first-order valence-corrected chi connectivity index (χ1v) is 11.9. The van der Waals surface area contributed by atoms with E-state index in [-0.39, 0.29) is 17.5 Å². The smallest absolute Gasteiger partial charge is 0.259 e. The van der Waals surface area contributed by atoms with Crippen LogP contribution in [0.15, 0.2) is 40.9 Å². The lowest BCUT2D eigenvalue weighted by Crippen LogP contribution is -2.48. The van der Waals surface area contributed by atoms with Gasteiger partial charge in [-0.05, 0) is 49.7 Å². The van der Waals surface area contributed by atoms with Gasteiger partial charge in [-0.2, -0.15) is 0 Å². The van der Waals surface area contributed by atoms with Crippen molar-refractivity contribution in [2.75, 3.05) is 33.3 Å². The van der Waals surface area contributed by atoms with Crippen LogP contribution in [0, 0.1) is 19.7 Å². The second-order valence-electron chi connectivity index (χ2n) is 8.45. The zero-order valence-corrected chi connectivity index (χ0v) is 20.1. The van der Waals surface area contributed by atoms with Crippen molar-refractivity contribution in [3.8, 4) is 16.3 Å². The number of rotatable bonds is 5. The Balaban J connectivity index is 1.34. The molecule has 1 saturated heterocycles. The van der Waals surface area contributed by atoms with Crippen LogP contribution in [-0.2, 0) is 6.54 Å². The van der Waals surface area contributed by atoms with Crippen LogP contribution in [0.4, 0.5) is 4.39 Å². The summed E-state index contributed by atoms with van der Waals surface area (Å²) in [6.45, 7) is 7.05. The third kappa shape index (κ3) is 4.28. The molecule has 0 N–H and O–H groups in total. The Morgan fingerprint density at radius 3 is 2.62 bits per heavy atom. The van der Waals surface area contributed by atoms with Crippen molar-refractivity contribution in [1.29, 1.82) is 0 Å². The van der Waals surface area contributed by atoms with Gasteiger partial charge in [-0.1, -0.05) is 11.2 Å². The average molecular weight is 481 g/mol. The van der Waals surface area contributed by atoms with Crippen LogP contribution < -0.4 is 4.74 Å². The quantitative estimate of drug-likeness (QED) is 0.413. The molecule has 7 nitrogen and oxygen atoms in total. The van der Waals surface area contributed by atoms with E-state index in [1.165, 1.54) is 18.1 Å². The fraction of sp³-hybridized carbons (Fsp3) is 0.320. The van der Waals surface area contributed by atoms with Gasteiger partial charge in [0.25, 0.3) is 11.6 Å². The van der Waals surface area contributed by atoms with Gasteiger partial charge in [0.15, 0.2) is 11.6 Å². The molecule has 0 atom stereocenters. The molecule has 176 valence electrons. The van der Waals surface area contributed by atoms with Gasteiger partial charge in [-0.3, -0.25) is 9.69 Å². The minimum absolute atomic E-state index is 0.0524. The van der Waals surface area contributed by atoms with Crippen LogP contribution in [0.25, 0.3) is 21.7 Å². The maximum atomic E-state index is 14.0. The molecule has 9 heteroatoms. The summed E-state index contributed by atoms with van der Waals surface area (Å²) in [6.07, 6.45) is 0. The van der Waals surface area contributed by atoms with Crippen LogP contribution >= 0.6 is 11.3 Å². The van der Waals surface area contributed by atoms with Gasteiger partial charge in [0, 0.05) is 37.6 Å². The van der Waals surface area contributed by atoms with Crippen LogP contribution in [0.5, 0.6) is 5.75 Å². The number of hydrogen-bond donors (Lipinski definition) is 0. The molecule has 4 aromatic rings. The topological polar surface area (TPSA) is 71.7 Å². The van der Waals surface area contributed by atoms with Crippen LogP contribution in [0.3, 0.4) is 0 Å². The number of ether oxygens (including phenoxy) is 1. The Labute approximate surface area is 200 Å². The van der Waals surface area contributed by atoms with Crippen molar-refractivity contribution in [1.82, 2.24) is 19.9 Å². The van der Waals surface area contributed by atoms with Crippen LogP contribution in [0.2, 0.25) is 0 Å². The number of aryl methyl sites for hydroxylation is 2. The fourth-order valence-corrected chi connectivity index (χ4v) is 5.14. The standard InChI is InChI=1S/C25H25FN4O3S/c1-15-4-7-22(34-15)20-13-18(23-16(2)28-33-24(23)27-20)25(31)30-10-8-29(9-11-30)14-17-5-6-21(32-3)19(26)12-17/h4-7,12-13H,8-11,14H2,1-3H3. The molecule has 0 saturated carbocycles. The first-order valence-electron chi connectivity index (χ1n) is 11.1. The second-order valence-corrected chi connectivity index (χ2v) is 9.74. The summed E-state index contributed by atoms with van der Waals surface area (Å²) in [4.78, 5) is 24.4. The number of thiophene rings is 1. The monoisotopic (exact) mass is 480 g/mol. The summed E-state index contributed by atoms with van der Waals surface area (Å²) in [6, 6.07) is 10.9. The van der Waals surface area contributed by atoms with Gasteiger partial charge in [0.05, 0.1) is 34.3 Å². The lowest BCUT2D eigenvalue weighted by Gasteiger charge is -2.35. The highest BCUT2D eigenvalue weighted by Gasteiger charge is 2.27. The van der Waals surface area contributed by atoms with Crippen LogP contribution in [0.1, 0.15) is 26.5 Å². The summed E-state index contributed by atoms with van der Waals surface area (Å²) in [5.41, 5.74) is 3.19. The van der Waals surface area contributed by atoms with E-state index in [0.29, 0.717) is 60.8 Å². The summed E-state index contributed by atoms with van der Waals surface area (Å²) in [5.74, 6) is -0.177. The van der Waals surface area contributed by atoms with E-state index in [1.54, 1.807) is 17.4 Å². The molecule has 0 spiro atoms. The van der Waals surface area contributed by atoms with E-state index in [9.17, 15) is 9.18 Å². The SMILES string of the molecule is COc1ccc(CN2CCN(C(=O)c3cc(-c4ccc(C)s4)nc4onc(C)c34)CC2)cc1F. The molecule has 0 aliphatic carbocycles. The van der Waals surface area contributed by atoms with Gasteiger partial charge in [-0.15, -0.1) is 11.3 Å². The zero-order valence-electron chi connectivity index (χ0n) is 19.3. The first kappa shape index (κ1) is 22.5. The molecule has 5 rings (SSSR count). The summed E-state index contributed by atoms with van der Waals surface area (Å²) in [5, 5.41) is 4.71. The normalized spacial score (nSPS) is 14.6. The Bertz CT molecular complexity index is 1360. The number of halogens is 1. The van der Waals surface area contributed by atoms with Crippen molar-refractivity contribution in [2.45, 2.75) is 20.4 Å². The first-order chi connectivity index (χ1) is 16.4. The third-order valence-corrected chi connectivity index (χ3v) is 7.15. The van der Waals surface area contributed by atoms with Gasteiger partial charge < -0.3 is 14.2 Å². The number of amides is 1. The van der Waals surface area contributed by atoms with E-state index in [2.05, 4.69) is 15.0 Å². The minimum atomic E-state index is -0.364. The summed E-state index contributed by atoms with van der Waals surface area (Å²) in [7, 11) is 1.45. The average Bonchev–Trinajstić information content (AvgIpc) is 3.44. The molecule has 0 bridgehead atoms. The maximum Gasteiger partial charge on any atom is 0.259 e. The molecule has 4 heterocycles. The number of nitrogens with zero attached hydrogens (tertiary/aromatic N) is 4. The number of carbonyl (C=O) groups is 1. The van der Waals surface area contributed by atoms with Crippen molar-refractivity contribution in [2.24, 2.45) is 0 Å². The van der Waals surface area contributed by atoms with Crippen LogP contribution in [-0.4, -0.2) is 59.1 Å². The molecule has 1 aliphatic heterocycles. The number of methoxy groups -OCH3 is 1. The van der Waals surface area contributed by atoms with Gasteiger partial charge in [0.2, 0.25) is 0 Å². The fourth-order valence-electron chi connectivity index (χ4n) is 4.31. The lowest BCUT2D eigenvalue weighted by atomic mass is 10.1. The summed E-state index contributed by atoms with van der Waals surface area (Å²) >= 11 is 1.63. The molecule has 1 fully saturated rings. The lowest BCUT2D eigenvalue weighted by molar-refractivity contribution is 0.0630. The number of hydrogen-bond acceptors (Lipinski definition) is 7. The molecule has 0 radical (unpaired) electrons. The van der Waals surface area contributed by atoms with Crippen molar-refractivity contribution < 1.29 is 18.4 Å². The number of fused-ring (bicyclic) bond motifs is 1. The molecule has 34 heavy (non-hydrogen) atoms. The van der Waals surface area contributed by atoms with E-state index in [1.807, 2.05) is 43.0 Å². The van der Waals surface area contributed by atoms with E-state index in [4.69, 9.17) is 9.26 Å². The molecular weight excluding hydrogens is 455 g/mol. The largest absolute Gasteiger partial charge is 0.494 e. The molecule has 3 aromatic heterocycles. The van der Waals surface area contributed by atoms with Crippen molar-refractivity contribution in [3.05, 3.63) is 63.9 Å². The molecule has 0 unspecified atom stereocenters. The highest BCUT2D eigenvalue weighted by atomic mass is 32.1. The predicted octanol–water partition coefficient (Wildman–Crippen LogP) is 4.67. The molecule has 1 amide bonds. The molecule has 1 aromatic carbocycles. The Hall–Kier alpha value is -3.30. The minimum Gasteiger partial charge on any atom is -0.494 e. The van der Waals surface area contributed by atoms with Gasteiger partial charge in [-0.25, -0.2) is 9.37 Å². The number of benzene rings is 1. The Morgan fingerprint density at radius 1 is 1.15 bits per heavy atom. The third-order valence-electron chi connectivity index (χ3n) is 6.12. The number of pyridine rings is 1. The number of carbonyl (C=O) groups excluding carboxylic acids is 1. The van der Waals surface area contributed by atoms with Gasteiger partial charge >= 0.3 is 0 Å². The van der Waals surface area contributed by atoms with E-state index >= 15 is 0 Å². The van der Waals surface area contributed by atoms with Crippen molar-refractivity contribution in [3.63, 3.8) is 0 Å². The number of piperazine rings is 1. The highest BCUT2D eigenvalue weighted by molar-refractivity contribution is 7.15. The molecular formula is C25H25FN4O3S. The van der Waals surface area contributed by atoms with E-state index in [0.717, 1.165) is 10.4 Å². The highest BCUT2D eigenvalue weighted by Crippen LogP contribution is 2.32. The van der Waals surface area contributed by atoms with Crippen molar-refractivity contribution >= 4 is 28.3 Å².